The molecular weight excluding hydrogens is 226 g/mol. The summed E-state index contributed by atoms with van der Waals surface area (Å²) in [5.74, 6) is 0.591. The van der Waals surface area contributed by atoms with Gasteiger partial charge in [0.25, 0.3) is 0 Å². The van der Waals surface area contributed by atoms with Gasteiger partial charge in [-0.3, -0.25) is 4.90 Å². The van der Waals surface area contributed by atoms with Gasteiger partial charge in [-0.05, 0) is 36.6 Å². The lowest BCUT2D eigenvalue weighted by Crippen LogP contribution is -2.20. The van der Waals surface area contributed by atoms with Gasteiger partial charge < -0.3 is 4.74 Å². The van der Waals surface area contributed by atoms with Crippen LogP contribution in [0.15, 0.2) is 24.3 Å². The van der Waals surface area contributed by atoms with Gasteiger partial charge in [-0.1, -0.05) is 25.5 Å². The summed E-state index contributed by atoms with van der Waals surface area (Å²) in [5.41, 5.74) is 1.88. The first-order valence-electron chi connectivity index (χ1n) is 6.62. The zero-order valence-electron chi connectivity index (χ0n) is 11.2. The number of hydrogen-bond acceptors (Lipinski definition) is 3. The third-order valence-electron chi connectivity index (χ3n) is 3.73. The number of methoxy groups -OCH3 is 1. The van der Waals surface area contributed by atoms with Crippen molar-refractivity contribution >= 4 is 5.97 Å². The van der Waals surface area contributed by atoms with Gasteiger partial charge in [0.2, 0.25) is 0 Å². The molecule has 1 aromatic rings. The van der Waals surface area contributed by atoms with Crippen molar-refractivity contribution in [3.63, 3.8) is 0 Å². The molecule has 98 valence electrons. The van der Waals surface area contributed by atoms with E-state index in [-0.39, 0.29) is 5.97 Å². The van der Waals surface area contributed by atoms with E-state index in [1.54, 1.807) is 0 Å². The SMILES string of the molecule is CCC1CCN(Cc2ccc(C(=O)OC)cc2)C1. The number of ether oxygens (including phenoxy) is 1. The van der Waals surface area contributed by atoms with Crippen molar-refractivity contribution in [2.45, 2.75) is 26.3 Å². The van der Waals surface area contributed by atoms with Gasteiger partial charge in [-0.25, -0.2) is 4.79 Å². The number of benzene rings is 1. The first-order valence-corrected chi connectivity index (χ1v) is 6.62. The molecule has 18 heavy (non-hydrogen) atoms. The lowest BCUT2D eigenvalue weighted by atomic mass is 10.1. The maximum Gasteiger partial charge on any atom is 0.337 e. The zero-order chi connectivity index (χ0) is 13.0. The van der Waals surface area contributed by atoms with Gasteiger partial charge in [-0.15, -0.1) is 0 Å². The average molecular weight is 247 g/mol. The van der Waals surface area contributed by atoms with Crippen LogP contribution >= 0.6 is 0 Å². The van der Waals surface area contributed by atoms with Gasteiger partial charge in [0.15, 0.2) is 0 Å². The highest BCUT2D eigenvalue weighted by Gasteiger charge is 2.20. The first-order chi connectivity index (χ1) is 8.72. The fraction of sp³-hybridized carbons (Fsp3) is 0.533. The van der Waals surface area contributed by atoms with Gasteiger partial charge in [0.1, 0.15) is 0 Å². The van der Waals surface area contributed by atoms with E-state index in [9.17, 15) is 4.79 Å². The van der Waals surface area contributed by atoms with Crippen LogP contribution < -0.4 is 0 Å². The van der Waals surface area contributed by atoms with Crippen LogP contribution in [0, 0.1) is 5.92 Å². The molecule has 1 saturated heterocycles. The second-order valence-electron chi connectivity index (χ2n) is 4.99. The summed E-state index contributed by atoms with van der Waals surface area (Å²) in [7, 11) is 1.41. The molecule has 0 radical (unpaired) electrons. The maximum absolute atomic E-state index is 11.3. The molecule has 1 aliphatic rings. The highest BCUT2D eigenvalue weighted by Crippen LogP contribution is 2.21. The molecule has 0 aliphatic carbocycles. The summed E-state index contributed by atoms with van der Waals surface area (Å²) in [6.45, 7) is 5.64. The molecule has 1 fully saturated rings. The Balaban J connectivity index is 1.92. The molecule has 1 unspecified atom stereocenters. The van der Waals surface area contributed by atoms with Crippen molar-refractivity contribution < 1.29 is 9.53 Å². The smallest absolute Gasteiger partial charge is 0.337 e. The van der Waals surface area contributed by atoms with Crippen molar-refractivity contribution in [1.82, 2.24) is 4.90 Å². The topological polar surface area (TPSA) is 29.5 Å². The second-order valence-corrected chi connectivity index (χ2v) is 4.99. The van der Waals surface area contributed by atoms with Crippen LogP contribution in [0.3, 0.4) is 0 Å². The summed E-state index contributed by atoms with van der Waals surface area (Å²) < 4.78 is 4.69. The summed E-state index contributed by atoms with van der Waals surface area (Å²) >= 11 is 0. The highest BCUT2D eigenvalue weighted by atomic mass is 16.5. The van der Waals surface area contributed by atoms with Gasteiger partial charge in [0, 0.05) is 13.1 Å². The fourth-order valence-corrected chi connectivity index (χ4v) is 2.51. The van der Waals surface area contributed by atoms with Gasteiger partial charge >= 0.3 is 5.97 Å². The quantitative estimate of drug-likeness (QED) is 0.766. The Morgan fingerprint density at radius 2 is 2.11 bits per heavy atom. The van der Waals surface area contributed by atoms with Crippen molar-refractivity contribution in [2.75, 3.05) is 20.2 Å². The Bertz CT molecular complexity index is 399. The maximum atomic E-state index is 11.3. The van der Waals surface area contributed by atoms with E-state index in [1.807, 2.05) is 24.3 Å². The normalized spacial score (nSPS) is 20.0. The number of nitrogens with zero attached hydrogens (tertiary/aromatic N) is 1. The van der Waals surface area contributed by atoms with Crippen molar-refractivity contribution in [2.24, 2.45) is 5.92 Å². The number of likely N-dealkylation sites (tertiary alicyclic amines) is 1. The predicted octanol–water partition coefficient (Wildman–Crippen LogP) is 2.71. The number of rotatable bonds is 4. The zero-order valence-corrected chi connectivity index (χ0v) is 11.2. The molecule has 0 amide bonds. The minimum atomic E-state index is -0.270. The molecular formula is C15H21NO2. The highest BCUT2D eigenvalue weighted by molar-refractivity contribution is 5.89. The van der Waals surface area contributed by atoms with E-state index >= 15 is 0 Å². The lowest BCUT2D eigenvalue weighted by Gasteiger charge is -2.15. The largest absolute Gasteiger partial charge is 0.465 e. The molecule has 0 saturated carbocycles. The number of esters is 1. The Kier molecular flexibility index (Phi) is 4.37. The molecule has 1 aromatic carbocycles. The Morgan fingerprint density at radius 3 is 2.67 bits per heavy atom. The predicted molar refractivity (Wildman–Crippen MR) is 71.5 cm³/mol. The molecule has 0 bridgehead atoms. The molecule has 1 aliphatic heterocycles. The summed E-state index contributed by atoms with van der Waals surface area (Å²) in [5, 5.41) is 0. The molecule has 0 spiro atoms. The molecule has 0 N–H and O–H groups in total. The van der Waals surface area contributed by atoms with E-state index in [0.717, 1.165) is 12.5 Å². The Hall–Kier alpha value is -1.35. The van der Waals surface area contributed by atoms with Crippen LogP contribution in [0.1, 0.15) is 35.7 Å². The van der Waals surface area contributed by atoms with Crippen LogP contribution in [-0.2, 0) is 11.3 Å². The average Bonchev–Trinajstić information content (AvgIpc) is 2.86. The molecule has 1 atom stereocenters. The molecule has 0 aromatic heterocycles. The van der Waals surface area contributed by atoms with Crippen molar-refractivity contribution in [1.29, 1.82) is 0 Å². The lowest BCUT2D eigenvalue weighted by molar-refractivity contribution is 0.0600. The van der Waals surface area contributed by atoms with Crippen LogP contribution in [0.2, 0.25) is 0 Å². The van der Waals surface area contributed by atoms with E-state index in [4.69, 9.17) is 0 Å². The minimum absolute atomic E-state index is 0.270. The number of carbonyl (C=O) groups excluding carboxylic acids is 1. The summed E-state index contributed by atoms with van der Waals surface area (Å²) in [4.78, 5) is 13.8. The molecule has 3 nitrogen and oxygen atoms in total. The van der Waals surface area contributed by atoms with E-state index in [1.165, 1.54) is 38.6 Å². The second kappa shape index (κ2) is 6.01. The van der Waals surface area contributed by atoms with Crippen LogP contribution in [0.5, 0.6) is 0 Å². The van der Waals surface area contributed by atoms with Crippen LogP contribution in [-0.4, -0.2) is 31.1 Å². The van der Waals surface area contributed by atoms with Crippen LogP contribution in [0.25, 0.3) is 0 Å². The van der Waals surface area contributed by atoms with E-state index in [0.29, 0.717) is 5.56 Å². The van der Waals surface area contributed by atoms with Gasteiger partial charge in [0.05, 0.1) is 12.7 Å². The molecule has 1 heterocycles. The standard InChI is InChI=1S/C15H21NO2/c1-3-12-8-9-16(10-12)11-13-4-6-14(7-5-13)15(17)18-2/h4-7,12H,3,8-11H2,1-2H3. The fourth-order valence-electron chi connectivity index (χ4n) is 2.51. The summed E-state index contributed by atoms with van der Waals surface area (Å²) in [6.07, 6.45) is 2.59. The summed E-state index contributed by atoms with van der Waals surface area (Å²) in [6, 6.07) is 7.72. The third kappa shape index (κ3) is 3.10. The van der Waals surface area contributed by atoms with E-state index < -0.39 is 0 Å². The minimum Gasteiger partial charge on any atom is -0.465 e. The van der Waals surface area contributed by atoms with Crippen molar-refractivity contribution in [3.05, 3.63) is 35.4 Å². The molecule has 2 rings (SSSR count). The van der Waals surface area contributed by atoms with Crippen LogP contribution in [0.4, 0.5) is 0 Å². The van der Waals surface area contributed by atoms with E-state index in [2.05, 4.69) is 16.6 Å². The molecule has 3 heteroatoms. The monoisotopic (exact) mass is 247 g/mol. The van der Waals surface area contributed by atoms with Gasteiger partial charge in [-0.2, -0.15) is 0 Å². The Morgan fingerprint density at radius 1 is 1.39 bits per heavy atom. The number of hydrogen-bond donors (Lipinski definition) is 0. The number of carbonyl (C=O) groups is 1. The first kappa shape index (κ1) is 13.1. The Labute approximate surface area is 109 Å². The third-order valence-corrected chi connectivity index (χ3v) is 3.73. The van der Waals surface area contributed by atoms with Crippen molar-refractivity contribution in [3.8, 4) is 0 Å².